The van der Waals surface area contributed by atoms with Crippen LogP contribution in [0.1, 0.15) is 28.5 Å². The first-order chi connectivity index (χ1) is 14.7. The minimum atomic E-state index is 0.0816. The van der Waals surface area contributed by atoms with Crippen molar-refractivity contribution in [3.8, 4) is 22.8 Å². The third kappa shape index (κ3) is 3.12. The van der Waals surface area contributed by atoms with E-state index in [4.69, 9.17) is 14.5 Å². The van der Waals surface area contributed by atoms with Crippen LogP contribution in [0.4, 0.5) is 0 Å². The molecule has 2 aliphatic heterocycles. The Balaban J connectivity index is 1.39. The lowest BCUT2D eigenvalue weighted by molar-refractivity contribution is 0.0785. The van der Waals surface area contributed by atoms with Gasteiger partial charge in [0.1, 0.15) is 17.3 Å². The SMILES string of the molecule is COc1ccc(C(=O)N2CC3CCn4c(-c5cccc(OC)c5)cnc4C3C2)cc1. The highest BCUT2D eigenvalue weighted by Crippen LogP contribution is 2.41. The largest absolute Gasteiger partial charge is 0.497 e. The summed E-state index contributed by atoms with van der Waals surface area (Å²) in [5.74, 6) is 3.51. The second-order valence-corrected chi connectivity index (χ2v) is 7.98. The van der Waals surface area contributed by atoms with Gasteiger partial charge in [-0.3, -0.25) is 4.79 Å². The number of carbonyl (C=O) groups is 1. The Morgan fingerprint density at radius 2 is 1.83 bits per heavy atom. The number of benzene rings is 2. The average molecular weight is 403 g/mol. The number of fused-ring (bicyclic) bond motifs is 3. The maximum atomic E-state index is 13.0. The molecule has 0 bridgehead atoms. The molecule has 1 aromatic heterocycles. The van der Waals surface area contributed by atoms with E-state index < -0.39 is 0 Å². The minimum Gasteiger partial charge on any atom is -0.497 e. The van der Waals surface area contributed by atoms with Crippen LogP contribution in [0.15, 0.2) is 54.7 Å². The van der Waals surface area contributed by atoms with Crippen molar-refractivity contribution in [2.45, 2.75) is 18.9 Å². The van der Waals surface area contributed by atoms with E-state index in [0.29, 0.717) is 18.0 Å². The zero-order valence-electron chi connectivity index (χ0n) is 17.2. The van der Waals surface area contributed by atoms with E-state index in [1.54, 1.807) is 14.2 Å². The maximum Gasteiger partial charge on any atom is 0.253 e. The molecule has 0 radical (unpaired) electrons. The number of methoxy groups -OCH3 is 2. The fraction of sp³-hybridized carbons (Fsp3) is 0.333. The molecule has 1 fully saturated rings. The molecule has 5 rings (SSSR count). The molecule has 0 aliphatic carbocycles. The molecule has 154 valence electrons. The van der Waals surface area contributed by atoms with Crippen LogP contribution in [0, 0.1) is 5.92 Å². The quantitative estimate of drug-likeness (QED) is 0.664. The normalized spacial score (nSPS) is 19.9. The summed E-state index contributed by atoms with van der Waals surface area (Å²) >= 11 is 0. The Bertz CT molecular complexity index is 1070. The number of amides is 1. The highest BCUT2D eigenvalue weighted by atomic mass is 16.5. The van der Waals surface area contributed by atoms with Crippen molar-refractivity contribution < 1.29 is 14.3 Å². The van der Waals surface area contributed by atoms with Gasteiger partial charge in [0.25, 0.3) is 5.91 Å². The summed E-state index contributed by atoms with van der Waals surface area (Å²) in [5, 5.41) is 0. The molecular formula is C24H25N3O3. The second kappa shape index (κ2) is 7.52. The Morgan fingerprint density at radius 1 is 1.03 bits per heavy atom. The Kier molecular flexibility index (Phi) is 4.69. The van der Waals surface area contributed by atoms with Crippen molar-refractivity contribution in [2.75, 3.05) is 27.3 Å². The lowest BCUT2D eigenvalue weighted by atomic mass is 9.89. The Morgan fingerprint density at radius 3 is 2.60 bits per heavy atom. The standard InChI is InChI=1S/C24H25N3O3/c1-29-19-8-6-16(7-9-19)24(28)26-14-18-10-11-27-22(13-25-23(27)21(18)15-26)17-4-3-5-20(12-17)30-2/h3-9,12-13,18,21H,10-11,14-15H2,1-2H3. The van der Waals surface area contributed by atoms with Gasteiger partial charge in [-0.05, 0) is 48.7 Å². The number of aromatic nitrogens is 2. The zero-order valence-corrected chi connectivity index (χ0v) is 17.2. The molecule has 2 aromatic carbocycles. The van der Waals surface area contributed by atoms with Gasteiger partial charge in [-0.25, -0.2) is 4.98 Å². The molecule has 0 N–H and O–H groups in total. The summed E-state index contributed by atoms with van der Waals surface area (Å²) < 4.78 is 12.9. The van der Waals surface area contributed by atoms with Gasteiger partial charge in [0.05, 0.1) is 26.1 Å². The molecule has 0 saturated carbocycles. The van der Waals surface area contributed by atoms with Gasteiger partial charge in [-0.2, -0.15) is 0 Å². The summed E-state index contributed by atoms with van der Waals surface area (Å²) in [7, 11) is 3.31. The van der Waals surface area contributed by atoms with Crippen LogP contribution < -0.4 is 9.47 Å². The van der Waals surface area contributed by atoms with Crippen LogP contribution in [0.25, 0.3) is 11.3 Å². The monoisotopic (exact) mass is 403 g/mol. The second-order valence-electron chi connectivity index (χ2n) is 7.98. The third-order valence-corrected chi connectivity index (χ3v) is 6.37. The number of nitrogens with zero attached hydrogens (tertiary/aromatic N) is 3. The third-order valence-electron chi connectivity index (χ3n) is 6.37. The maximum absolute atomic E-state index is 13.0. The van der Waals surface area contributed by atoms with Crippen LogP contribution in [-0.2, 0) is 6.54 Å². The smallest absolute Gasteiger partial charge is 0.253 e. The molecule has 1 amide bonds. The Hall–Kier alpha value is -3.28. The predicted molar refractivity (Wildman–Crippen MR) is 114 cm³/mol. The van der Waals surface area contributed by atoms with Gasteiger partial charge >= 0.3 is 0 Å². The fourth-order valence-corrected chi connectivity index (χ4v) is 4.77. The van der Waals surface area contributed by atoms with Gasteiger partial charge in [0.15, 0.2) is 0 Å². The molecule has 2 unspecified atom stereocenters. The van der Waals surface area contributed by atoms with E-state index in [2.05, 4.69) is 10.6 Å². The van der Waals surface area contributed by atoms with E-state index >= 15 is 0 Å². The lowest BCUT2D eigenvalue weighted by Gasteiger charge is -2.26. The first kappa shape index (κ1) is 18.7. The van der Waals surface area contributed by atoms with Gasteiger partial charge in [-0.1, -0.05) is 12.1 Å². The number of rotatable bonds is 4. The Labute approximate surface area is 176 Å². The summed E-state index contributed by atoms with van der Waals surface area (Å²) in [6, 6.07) is 15.4. The van der Waals surface area contributed by atoms with Gasteiger partial charge < -0.3 is 18.9 Å². The van der Waals surface area contributed by atoms with E-state index in [9.17, 15) is 4.79 Å². The fourth-order valence-electron chi connectivity index (χ4n) is 4.77. The average Bonchev–Trinajstić information content (AvgIpc) is 3.42. The van der Waals surface area contributed by atoms with Gasteiger partial charge in [0.2, 0.25) is 0 Å². The highest BCUT2D eigenvalue weighted by molar-refractivity contribution is 5.94. The van der Waals surface area contributed by atoms with Gasteiger partial charge in [0, 0.05) is 36.7 Å². The molecule has 2 aliphatic rings. The van der Waals surface area contributed by atoms with E-state index in [1.807, 2.05) is 53.6 Å². The first-order valence-corrected chi connectivity index (χ1v) is 10.3. The molecule has 2 atom stereocenters. The van der Waals surface area contributed by atoms with Crippen LogP contribution in [-0.4, -0.2) is 47.7 Å². The molecule has 30 heavy (non-hydrogen) atoms. The van der Waals surface area contributed by atoms with Crippen LogP contribution >= 0.6 is 0 Å². The summed E-state index contributed by atoms with van der Waals surface area (Å²) in [6.45, 7) is 2.43. The number of ether oxygens (including phenoxy) is 2. The van der Waals surface area contributed by atoms with E-state index in [1.165, 1.54) is 0 Å². The molecule has 6 nitrogen and oxygen atoms in total. The predicted octanol–water partition coefficient (Wildman–Crippen LogP) is 3.83. The van der Waals surface area contributed by atoms with Crippen molar-refractivity contribution in [1.29, 1.82) is 0 Å². The molecular weight excluding hydrogens is 378 g/mol. The van der Waals surface area contributed by atoms with Crippen molar-refractivity contribution in [1.82, 2.24) is 14.5 Å². The van der Waals surface area contributed by atoms with Gasteiger partial charge in [-0.15, -0.1) is 0 Å². The topological polar surface area (TPSA) is 56.6 Å². The zero-order chi connectivity index (χ0) is 20.7. The van der Waals surface area contributed by atoms with Crippen molar-refractivity contribution >= 4 is 5.91 Å². The van der Waals surface area contributed by atoms with Crippen LogP contribution in [0.2, 0.25) is 0 Å². The van der Waals surface area contributed by atoms with Crippen molar-refractivity contribution in [3.63, 3.8) is 0 Å². The molecule has 0 spiro atoms. The van der Waals surface area contributed by atoms with E-state index in [0.717, 1.165) is 48.1 Å². The molecule has 3 heterocycles. The van der Waals surface area contributed by atoms with Crippen molar-refractivity contribution in [2.24, 2.45) is 5.92 Å². The first-order valence-electron chi connectivity index (χ1n) is 10.3. The number of hydrogen-bond acceptors (Lipinski definition) is 4. The summed E-state index contributed by atoms with van der Waals surface area (Å²) in [4.78, 5) is 19.8. The highest BCUT2D eigenvalue weighted by Gasteiger charge is 2.41. The lowest BCUT2D eigenvalue weighted by Crippen LogP contribution is -2.28. The summed E-state index contributed by atoms with van der Waals surface area (Å²) in [5.41, 5.74) is 2.92. The minimum absolute atomic E-state index is 0.0816. The number of carbonyl (C=O) groups excluding carboxylic acids is 1. The molecule has 6 heteroatoms. The number of hydrogen-bond donors (Lipinski definition) is 0. The van der Waals surface area contributed by atoms with E-state index in [-0.39, 0.29) is 11.8 Å². The molecule has 1 saturated heterocycles. The van der Waals surface area contributed by atoms with Crippen LogP contribution in [0.3, 0.4) is 0 Å². The van der Waals surface area contributed by atoms with Crippen LogP contribution in [0.5, 0.6) is 11.5 Å². The number of likely N-dealkylation sites (tertiary alicyclic amines) is 1. The van der Waals surface area contributed by atoms with Crippen molar-refractivity contribution in [3.05, 3.63) is 66.1 Å². The number of imidazole rings is 1. The summed E-state index contributed by atoms with van der Waals surface area (Å²) in [6.07, 6.45) is 3.01. The molecule has 3 aromatic rings.